The molecule has 1 aliphatic heterocycles. The summed E-state index contributed by atoms with van der Waals surface area (Å²) in [5.41, 5.74) is 2.62. The molecule has 0 bridgehead atoms. The Balaban J connectivity index is 1.41. The van der Waals surface area contributed by atoms with Crippen LogP contribution in [0.15, 0.2) is 47.4 Å². The van der Waals surface area contributed by atoms with Crippen LogP contribution < -0.4 is 14.8 Å². The van der Waals surface area contributed by atoms with Gasteiger partial charge >= 0.3 is 0 Å². The molecule has 26 heavy (non-hydrogen) atoms. The van der Waals surface area contributed by atoms with Crippen LogP contribution in [0.4, 0.5) is 0 Å². The van der Waals surface area contributed by atoms with Crippen molar-refractivity contribution in [2.45, 2.75) is 42.4 Å². The molecule has 4 rings (SSSR count). The summed E-state index contributed by atoms with van der Waals surface area (Å²) in [6, 6.07) is 14.4. The second-order valence-electron chi connectivity index (χ2n) is 6.72. The van der Waals surface area contributed by atoms with Gasteiger partial charge in [0.2, 0.25) is 5.91 Å². The Hall–Kier alpha value is -2.14. The van der Waals surface area contributed by atoms with Gasteiger partial charge in [-0.1, -0.05) is 24.3 Å². The Morgan fingerprint density at radius 3 is 2.85 bits per heavy atom. The first kappa shape index (κ1) is 17.3. The number of hydrogen-bond acceptors (Lipinski definition) is 4. The summed E-state index contributed by atoms with van der Waals surface area (Å²) in [6.07, 6.45) is 3.22. The predicted octanol–water partition coefficient (Wildman–Crippen LogP) is 4.13. The van der Waals surface area contributed by atoms with Crippen LogP contribution in [0.2, 0.25) is 0 Å². The van der Waals surface area contributed by atoms with Gasteiger partial charge in [-0.2, -0.15) is 0 Å². The molecule has 0 aromatic heterocycles. The molecule has 0 saturated carbocycles. The maximum absolute atomic E-state index is 12.7. The third-order valence-electron chi connectivity index (χ3n) is 4.88. The van der Waals surface area contributed by atoms with Crippen molar-refractivity contribution >= 4 is 17.7 Å². The normalized spacial score (nSPS) is 19.3. The Morgan fingerprint density at radius 1 is 1.15 bits per heavy atom. The minimum absolute atomic E-state index is 0.0755. The largest absolute Gasteiger partial charge is 0.486 e. The first-order valence-corrected chi connectivity index (χ1v) is 10.0. The Morgan fingerprint density at radius 2 is 1.96 bits per heavy atom. The van der Waals surface area contributed by atoms with Gasteiger partial charge in [-0.15, -0.1) is 11.8 Å². The predicted molar refractivity (Wildman–Crippen MR) is 103 cm³/mol. The molecule has 0 fully saturated rings. The number of nitrogens with one attached hydrogen (secondary N) is 1. The van der Waals surface area contributed by atoms with E-state index in [9.17, 15) is 4.79 Å². The summed E-state index contributed by atoms with van der Waals surface area (Å²) in [6.45, 7) is 3.10. The summed E-state index contributed by atoms with van der Waals surface area (Å²) in [7, 11) is 0. The smallest absolute Gasteiger partial charge is 0.233 e. The molecule has 2 aromatic carbocycles. The zero-order valence-corrected chi connectivity index (χ0v) is 15.7. The average molecular weight is 369 g/mol. The van der Waals surface area contributed by atoms with Crippen molar-refractivity contribution in [1.29, 1.82) is 0 Å². The highest BCUT2D eigenvalue weighted by atomic mass is 32.2. The van der Waals surface area contributed by atoms with Crippen LogP contribution in [-0.2, 0) is 11.2 Å². The lowest BCUT2D eigenvalue weighted by atomic mass is 9.88. The highest BCUT2D eigenvalue weighted by Gasteiger charge is 2.24. The topological polar surface area (TPSA) is 47.6 Å². The van der Waals surface area contributed by atoms with Crippen molar-refractivity contribution in [3.05, 3.63) is 53.6 Å². The van der Waals surface area contributed by atoms with E-state index in [0.29, 0.717) is 13.2 Å². The molecule has 0 spiro atoms. The standard InChI is InChI=1S/C21H23NO3S/c1-14(26-16-9-10-19-20(13-16)25-12-11-24-19)21(23)22-18-8-4-6-15-5-2-3-7-17(15)18/h2-3,5,7,9-10,13-14,18H,4,6,8,11-12H2,1H3,(H,22,23)/t14-,18-/m0/s1. The van der Waals surface area contributed by atoms with Gasteiger partial charge in [0.15, 0.2) is 11.5 Å². The maximum Gasteiger partial charge on any atom is 0.233 e. The zero-order chi connectivity index (χ0) is 17.9. The fourth-order valence-electron chi connectivity index (χ4n) is 3.55. The highest BCUT2D eigenvalue weighted by Crippen LogP contribution is 2.36. The molecule has 2 aliphatic rings. The molecule has 1 heterocycles. The number of carbonyl (C=O) groups excluding carboxylic acids is 1. The number of ether oxygens (including phenoxy) is 2. The summed E-state index contributed by atoms with van der Waals surface area (Å²) >= 11 is 1.55. The first-order chi connectivity index (χ1) is 12.7. The molecular formula is C21H23NO3S. The van der Waals surface area contributed by atoms with Crippen molar-refractivity contribution in [1.82, 2.24) is 5.32 Å². The van der Waals surface area contributed by atoms with Gasteiger partial charge in [0, 0.05) is 4.90 Å². The van der Waals surface area contributed by atoms with Gasteiger partial charge in [-0.05, 0) is 55.5 Å². The molecule has 0 radical (unpaired) electrons. The molecule has 1 aliphatic carbocycles. The lowest BCUT2D eigenvalue weighted by Gasteiger charge is -2.27. The van der Waals surface area contributed by atoms with Gasteiger partial charge in [0.1, 0.15) is 13.2 Å². The molecule has 4 nitrogen and oxygen atoms in total. The van der Waals surface area contributed by atoms with Crippen LogP contribution in [0.1, 0.15) is 36.9 Å². The average Bonchev–Trinajstić information content (AvgIpc) is 2.68. The Kier molecular flexibility index (Phi) is 5.07. The number of aryl methyl sites for hydroxylation is 1. The van der Waals surface area contributed by atoms with Crippen LogP contribution in [-0.4, -0.2) is 24.4 Å². The van der Waals surface area contributed by atoms with Crippen molar-refractivity contribution in [2.24, 2.45) is 0 Å². The number of rotatable bonds is 4. The number of benzene rings is 2. The molecule has 1 N–H and O–H groups in total. The van der Waals surface area contributed by atoms with Crippen LogP contribution >= 0.6 is 11.8 Å². The highest BCUT2D eigenvalue weighted by molar-refractivity contribution is 8.00. The van der Waals surface area contributed by atoms with E-state index in [1.54, 1.807) is 11.8 Å². The van der Waals surface area contributed by atoms with Gasteiger partial charge in [-0.3, -0.25) is 4.79 Å². The van der Waals surface area contributed by atoms with Crippen molar-refractivity contribution < 1.29 is 14.3 Å². The fourth-order valence-corrected chi connectivity index (χ4v) is 4.45. The number of fused-ring (bicyclic) bond motifs is 2. The monoisotopic (exact) mass is 369 g/mol. The quantitative estimate of drug-likeness (QED) is 0.823. The fraction of sp³-hybridized carbons (Fsp3) is 0.381. The first-order valence-electron chi connectivity index (χ1n) is 9.15. The van der Waals surface area contributed by atoms with Gasteiger partial charge in [0.25, 0.3) is 0 Å². The summed E-state index contributed by atoms with van der Waals surface area (Å²) in [5, 5.41) is 3.07. The van der Waals surface area contributed by atoms with E-state index in [-0.39, 0.29) is 17.2 Å². The second kappa shape index (κ2) is 7.62. The Labute approximate surface area is 158 Å². The van der Waals surface area contributed by atoms with Gasteiger partial charge in [-0.25, -0.2) is 0 Å². The van der Waals surface area contributed by atoms with Gasteiger partial charge < -0.3 is 14.8 Å². The van der Waals surface area contributed by atoms with E-state index in [4.69, 9.17) is 9.47 Å². The molecule has 5 heteroatoms. The molecule has 136 valence electrons. The number of hydrogen-bond donors (Lipinski definition) is 1. The zero-order valence-electron chi connectivity index (χ0n) is 14.9. The lowest BCUT2D eigenvalue weighted by Crippen LogP contribution is -2.35. The number of amides is 1. The van der Waals surface area contributed by atoms with E-state index < -0.39 is 0 Å². The van der Waals surface area contributed by atoms with E-state index in [0.717, 1.165) is 35.7 Å². The molecule has 0 saturated heterocycles. The number of carbonyl (C=O) groups is 1. The van der Waals surface area contributed by atoms with Crippen molar-refractivity contribution in [3.8, 4) is 11.5 Å². The maximum atomic E-state index is 12.7. The molecular weight excluding hydrogens is 346 g/mol. The second-order valence-corrected chi connectivity index (χ2v) is 8.13. The van der Waals surface area contributed by atoms with E-state index >= 15 is 0 Å². The van der Waals surface area contributed by atoms with Crippen molar-refractivity contribution in [2.75, 3.05) is 13.2 Å². The van der Waals surface area contributed by atoms with Crippen molar-refractivity contribution in [3.63, 3.8) is 0 Å². The molecule has 2 atom stereocenters. The molecule has 2 aromatic rings. The summed E-state index contributed by atoms with van der Waals surface area (Å²) in [5.74, 6) is 1.61. The summed E-state index contributed by atoms with van der Waals surface area (Å²) in [4.78, 5) is 13.7. The summed E-state index contributed by atoms with van der Waals surface area (Å²) < 4.78 is 11.2. The minimum atomic E-state index is -0.174. The van der Waals surface area contributed by atoms with Crippen LogP contribution in [0.3, 0.4) is 0 Å². The van der Waals surface area contributed by atoms with Crippen LogP contribution in [0.5, 0.6) is 11.5 Å². The van der Waals surface area contributed by atoms with Crippen LogP contribution in [0.25, 0.3) is 0 Å². The molecule has 1 amide bonds. The SMILES string of the molecule is C[C@H](Sc1ccc2c(c1)OCCO2)C(=O)N[C@H]1CCCc2ccccc21. The van der Waals surface area contributed by atoms with Gasteiger partial charge in [0.05, 0.1) is 11.3 Å². The third-order valence-corrected chi connectivity index (χ3v) is 5.98. The van der Waals surface area contributed by atoms with E-state index in [1.165, 1.54) is 11.1 Å². The third kappa shape index (κ3) is 3.68. The minimum Gasteiger partial charge on any atom is -0.486 e. The number of thioether (sulfide) groups is 1. The van der Waals surface area contributed by atoms with E-state index in [1.807, 2.05) is 25.1 Å². The van der Waals surface area contributed by atoms with E-state index in [2.05, 4.69) is 29.6 Å². The Bertz CT molecular complexity index is 808. The molecule has 0 unspecified atom stereocenters. The van der Waals surface area contributed by atoms with Crippen LogP contribution in [0, 0.1) is 0 Å². The lowest BCUT2D eigenvalue weighted by molar-refractivity contribution is -0.121.